The van der Waals surface area contributed by atoms with Crippen LogP contribution in [0.5, 0.6) is 5.75 Å². The van der Waals surface area contributed by atoms with Gasteiger partial charge in [0, 0.05) is 31.6 Å². The average Bonchev–Trinajstić information content (AvgIpc) is 3.22. The van der Waals surface area contributed by atoms with Crippen molar-refractivity contribution in [2.24, 2.45) is 11.8 Å². The van der Waals surface area contributed by atoms with E-state index >= 15 is 0 Å². The zero-order valence-electron chi connectivity index (χ0n) is 17.4. The number of ether oxygens (including phenoxy) is 1. The first-order chi connectivity index (χ1) is 14.1. The molecule has 1 aromatic rings. The SMILES string of the molecule is COc1ccc(CNC(=O)C2CCN(C(=O)C3CC4CCCCC4N3)CC2)cc1. The van der Waals surface area contributed by atoms with Gasteiger partial charge in [-0.2, -0.15) is 0 Å². The molecule has 2 aliphatic heterocycles. The lowest BCUT2D eigenvalue weighted by Crippen LogP contribution is -2.49. The van der Waals surface area contributed by atoms with Crippen molar-refractivity contribution >= 4 is 11.8 Å². The van der Waals surface area contributed by atoms with E-state index in [4.69, 9.17) is 4.74 Å². The van der Waals surface area contributed by atoms with Crippen LogP contribution in [0, 0.1) is 11.8 Å². The highest BCUT2D eigenvalue weighted by Gasteiger charge is 2.40. The van der Waals surface area contributed by atoms with Gasteiger partial charge in [-0.25, -0.2) is 0 Å². The van der Waals surface area contributed by atoms with Gasteiger partial charge < -0.3 is 20.3 Å². The van der Waals surface area contributed by atoms with Crippen LogP contribution >= 0.6 is 0 Å². The van der Waals surface area contributed by atoms with Crippen LogP contribution in [0.1, 0.15) is 50.5 Å². The number of carbonyl (C=O) groups excluding carboxylic acids is 2. The zero-order chi connectivity index (χ0) is 20.2. The number of methoxy groups -OCH3 is 1. The van der Waals surface area contributed by atoms with E-state index in [1.54, 1.807) is 7.11 Å². The molecule has 3 unspecified atom stereocenters. The number of amides is 2. The van der Waals surface area contributed by atoms with Crippen molar-refractivity contribution in [3.63, 3.8) is 0 Å². The summed E-state index contributed by atoms with van der Waals surface area (Å²) in [5.41, 5.74) is 1.06. The summed E-state index contributed by atoms with van der Waals surface area (Å²) >= 11 is 0. The normalized spacial score (nSPS) is 27.3. The minimum atomic E-state index is -0.0106. The Bertz CT molecular complexity index is 699. The van der Waals surface area contributed by atoms with Gasteiger partial charge in [-0.05, 0) is 55.7 Å². The number of piperidine rings is 1. The minimum absolute atomic E-state index is 0.00332. The Morgan fingerprint density at radius 2 is 1.83 bits per heavy atom. The molecule has 0 spiro atoms. The van der Waals surface area contributed by atoms with Gasteiger partial charge in [0.1, 0.15) is 5.75 Å². The third-order valence-electron chi connectivity index (χ3n) is 6.96. The van der Waals surface area contributed by atoms with Crippen molar-refractivity contribution in [2.45, 2.75) is 63.6 Å². The Morgan fingerprint density at radius 3 is 2.52 bits per heavy atom. The summed E-state index contributed by atoms with van der Waals surface area (Å²) < 4.78 is 5.16. The van der Waals surface area contributed by atoms with E-state index in [2.05, 4.69) is 10.6 Å². The number of likely N-dealkylation sites (tertiary alicyclic amines) is 1. The zero-order valence-corrected chi connectivity index (χ0v) is 17.4. The second-order valence-electron chi connectivity index (χ2n) is 8.77. The molecule has 0 radical (unpaired) electrons. The summed E-state index contributed by atoms with van der Waals surface area (Å²) in [5.74, 6) is 1.83. The van der Waals surface area contributed by atoms with Crippen molar-refractivity contribution in [2.75, 3.05) is 20.2 Å². The van der Waals surface area contributed by atoms with E-state index in [0.717, 1.165) is 30.6 Å². The molecule has 2 N–H and O–H groups in total. The summed E-state index contributed by atoms with van der Waals surface area (Å²) in [4.78, 5) is 27.5. The van der Waals surface area contributed by atoms with E-state index in [1.165, 1.54) is 25.7 Å². The summed E-state index contributed by atoms with van der Waals surface area (Å²) in [6.07, 6.45) is 7.56. The predicted molar refractivity (Wildman–Crippen MR) is 111 cm³/mol. The van der Waals surface area contributed by atoms with E-state index in [0.29, 0.717) is 31.6 Å². The first-order valence-corrected chi connectivity index (χ1v) is 11.1. The lowest BCUT2D eigenvalue weighted by atomic mass is 9.85. The van der Waals surface area contributed by atoms with E-state index in [1.807, 2.05) is 29.2 Å². The summed E-state index contributed by atoms with van der Waals surface area (Å²) in [6, 6.07) is 8.26. The second-order valence-corrected chi connectivity index (χ2v) is 8.77. The lowest BCUT2D eigenvalue weighted by Gasteiger charge is -2.33. The molecule has 0 bridgehead atoms. The van der Waals surface area contributed by atoms with Crippen molar-refractivity contribution in [3.8, 4) is 5.75 Å². The number of hydrogen-bond donors (Lipinski definition) is 2. The molecule has 1 aromatic carbocycles. The van der Waals surface area contributed by atoms with Crippen LogP contribution in [0.3, 0.4) is 0 Å². The Hall–Kier alpha value is -2.08. The number of carbonyl (C=O) groups is 2. The minimum Gasteiger partial charge on any atom is -0.497 e. The number of fused-ring (bicyclic) bond motifs is 1. The highest BCUT2D eigenvalue weighted by molar-refractivity contribution is 5.83. The molecular formula is C23H33N3O3. The molecule has 1 aliphatic carbocycles. The third kappa shape index (κ3) is 4.74. The molecular weight excluding hydrogens is 366 g/mol. The van der Waals surface area contributed by atoms with Crippen LogP contribution in [0.25, 0.3) is 0 Å². The molecule has 2 heterocycles. The van der Waals surface area contributed by atoms with E-state index in [9.17, 15) is 9.59 Å². The lowest BCUT2D eigenvalue weighted by molar-refractivity contribution is -0.137. The van der Waals surface area contributed by atoms with Gasteiger partial charge in [0.05, 0.1) is 13.2 Å². The quantitative estimate of drug-likeness (QED) is 0.798. The van der Waals surface area contributed by atoms with Crippen LogP contribution in [0.2, 0.25) is 0 Å². The number of nitrogens with one attached hydrogen (secondary N) is 2. The number of benzene rings is 1. The monoisotopic (exact) mass is 399 g/mol. The summed E-state index contributed by atoms with van der Waals surface area (Å²) in [5, 5.41) is 6.63. The highest BCUT2D eigenvalue weighted by atomic mass is 16.5. The van der Waals surface area contributed by atoms with Crippen molar-refractivity contribution in [3.05, 3.63) is 29.8 Å². The van der Waals surface area contributed by atoms with Gasteiger partial charge >= 0.3 is 0 Å². The van der Waals surface area contributed by atoms with Gasteiger partial charge in [-0.3, -0.25) is 9.59 Å². The maximum Gasteiger partial charge on any atom is 0.239 e. The highest BCUT2D eigenvalue weighted by Crippen LogP contribution is 2.34. The number of rotatable bonds is 5. The van der Waals surface area contributed by atoms with Gasteiger partial charge in [0.25, 0.3) is 0 Å². The van der Waals surface area contributed by atoms with Crippen molar-refractivity contribution < 1.29 is 14.3 Å². The van der Waals surface area contributed by atoms with Crippen molar-refractivity contribution in [1.29, 1.82) is 0 Å². The van der Waals surface area contributed by atoms with Crippen LogP contribution in [0.4, 0.5) is 0 Å². The van der Waals surface area contributed by atoms with Crippen LogP contribution in [-0.4, -0.2) is 49.0 Å². The standard InChI is InChI=1S/C23H33N3O3/c1-29-19-8-6-16(7-9-19)15-24-22(27)17-10-12-26(13-11-17)23(28)21-14-18-4-2-3-5-20(18)25-21/h6-9,17-18,20-21,25H,2-5,10-15H2,1H3,(H,24,27). The van der Waals surface area contributed by atoms with Crippen LogP contribution < -0.4 is 15.4 Å². The Kier molecular flexibility index (Phi) is 6.38. The van der Waals surface area contributed by atoms with Gasteiger partial charge in [0.15, 0.2) is 0 Å². The number of nitrogens with zero attached hydrogens (tertiary/aromatic N) is 1. The molecule has 29 heavy (non-hydrogen) atoms. The first kappa shape index (κ1) is 20.2. The summed E-state index contributed by atoms with van der Waals surface area (Å²) in [6.45, 7) is 1.90. The fraction of sp³-hybridized carbons (Fsp3) is 0.652. The first-order valence-electron chi connectivity index (χ1n) is 11.1. The van der Waals surface area contributed by atoms with Crippen molar-refractivity contribution in [1.82, 2.24) is 15.5 Å². The predicted octanol–water partition coefficient (Wildman–Crippen LogP) is 2.47. The molecule has 4 rings (SSSR count). The van der Waals surface area contributed by atoms with Crippen LogP contribution in [0.15, 0.2) is 24.3 Å². The smallest absolute Gasteiger partial charge is 0.239 e. The molecule has 6 nitrogen and oxygen atoms in total. The molecule has 2 amide bonds. The van der Waals surface area contributed by atoms with E-state index in [-0.39, 0.29) is 23.8 Å². The fourth-order valence-corrected chi connectivity index (χ4v) is 5.17. The summed E-state index contributed by atoms with van der Waals surface area (Å²) in [7, 11) is 1.64. The maximum atomic E-state index is 12.9. The molecule has 3 aliphatic rings. The molecule has 1 saturated carbocycles. The topological polar surface area (TPSA) is 70.7 Å². The molecule has 6 heteroatoms. The van der Waals surface area contributed by atoms with Gasteiger partial charge in [-0.15, -0.1) is 0 Å². The van der Waals surface area contributed by atoms with Crippen LogP contribution in [-0.2, 0) is 16.1 Å². The van der Waals surface area contributed by atoms with E-state index < -0.39 is 0 Å². The van der Waals surface area contributed by atoms with Gasteiger partial charge in [-0.1, -0.05) is 25.0 Å². The van der Waals surface area contributed by atoms with Gasteiger partial charge in [0.2, 0.25) is 11.8 Å². The fourth-order valence-electron chi connectivity index (χ4n) is 5.17. The molecule has 0 aromatic heterocycles. The second kappa shape index (κ2) is 9.16. The largest absolute Gasteiger partial charge is 0.497 e. The maximum absolute atomic E-state index is 12.9. The third-order valence-corrected chi connectivity index (χ3v) is 6.96. The molecule has 158 valence electrons. The molecule has 2 saturated heterocycles. The molecule has 3 atom stereocenters. The molecule has 3 fully saturated rings. The Balaban J connectivity index is 1.21. The Labute approximate surface area is 173 Å². The number of hydrogen-bond acceptors (Lipinski definition) is 4. The average molecular weight is 400 g/mol. The Morgan fingerprint density at radius 1 is 1.10 bits per heavy atom.